The second-order valence-corrected chi connectivity index (χ2v) is 7.20. The van der Waals surface area contributed by atoms with Gasteiger partial charge < -0.3 is 14.8 Å². The Morgan fingerprint density at radius 2 is 1.93 bits per heavy atom. The molecule has 1 amide bonds. The highest BCUT2D eigenvalue weighted by atomic mass is 32.1. The van der Waals surface area contributed by atoms with E-state index in [1.54, 1.807) is 24.5 Å². The molecule has 0 saturated carbocycles. The summed E-state index contributed by atoms with van der Waals surface area (Å²) in [5.74, 6) is -0.0953. The molecule has 0 bridgehead atoms. The van der Waals surface area contributed by atoms with Gasteiger partial charge in [0.25, 0.3) is 5.91 Å². The molecule has 1 N–H and O–H groups in total. The summed E-state index contributed by atoms with van der Waals surface area (Å²) in [5.41, 5.74) is 0.866. The Hall–Kier alpha value is -3.12. The first-order chi connectivity index (χ1) is 13.5. The van der Waals surface area contributed by atoms with E-state index in [4.69, 9.17) is 9.47 Å². The molecule has 5 nitrogen and oxygen atoms in total. The number of thiophene rings is 1. The number of rotatable bonds is 7. The van der Waals surface area contributed by atoms with Gasteiger partial charge in [-0.1, -0.05) is 24.3 Å². The number of esters is 1. The molecule has 0 unspecified atom stereocenters. The largest absolute Gasteiger partial charge is 0.497 e. The third-order valence-electron chi connectivity index (χ3n) is 4.18. The predicted octanol–water partition coefficient (Wildman–Crippen LogP) is 4.34. The Morgan fingerprint density at radius 3 is 2.68 bits per heavy atom. The topological polar surface area (TPSA) is 64.6 Å². The standard InChI is InChI=1S/C22H21NO4S/c1-15(20-4-3-11-28-20)23-21(24)14-27-22(25)10-6-16-5-7-18-13-19(26-2)9-8-17(18)12-16/h3-13,15H,14H2,1-2H3,(H,23,24)/b10-6+/t15-/m1/s1. The van der Waals surface area contributed by atoms with Crippen LogP contribution in [0.15, 0.2) is 60.0 Å². The quantitative estimate of drug-likeness (QED) is 0.477. The number of benzene rings is 2. The van der Waals surface area contributed by atoms with Gasteiger partial charge in [-0.3, -0.25) is 4.79 Å². The van der Waals surface area contributed by atoms with Crippen molar-refractivity contribution in [2.75, 3.05) is 13.7 Å². The van der Waals surface area contributed by atoms with Crippen molar-refractivity contribution >= 4 is 40.1 Å². The minimum Gasteiger partial charge on any atom is -0.497 e. The average molecular weight is 395 g/mol. The molecule has 3 rings (SSSR count). The second-order valence-electron chi connectivity index (χ2n) is 6.22. The fourth-order valence-electron chi connectivity index (χ4n) is 2.71. The van der Waals surface area contributed by atoms with Crippen LogP contribution in [-0.2, 0) is 14.3 Å². The van der Waals surface area contributed by atoms with Crippen LogP contribution in [-0.4, -0.2) is 25.6 Å². The zero-order valence-electron chi connectivity index (χ0n) is 15.7. The second kappa shape index (κ2) is 9.19. The molecule has 0 aliphatic heterocycles. The zero-order valence-corrected chi connectivity index (χ0v) is 16.5. The summed E-state index contributed by atoms with van der Waals surface area (Å²) in [6.07, 6.45) is 2.98. The zero-order chi connectivity index (χ0) is 19.9. The average Bonchev–Trinajstić information content (AvgIpc) is 3.25. The van der Waals surface area contributed by atoms with Gasteiger partial charge in [0, 0.05) is 11.0 Å². The number of hydrogen-bond acceptors (Lipinski definition) is 5. The van der Waals surface area contributed by atoms with Gasteiger partial charge in [-0.25, -0.2) is 4.79 Å². The third-order valence-corrected chi connectivity index (χ3v) is 5.23. The Morgan fingerprint density at radius 1 is 1.14 bits per heavy atom. The van der Waals surface area contributed by atoms with Crippen LogP contribution in [0.2, 0.25) is 0 Å². The summed E-state index contributed by atoms with van der Waals surface area (Å²) in [7, 11) is 1.63. The normalized spacial score (nSPS) is 12.1. The lowest BCUT2D eigenvalue weighted by atomic mass is 10.1. The van der Waals surface area contributed by atoms with Crippen molar-refractivity contribution in [3.05, 3.63) is 70.4 Å². The van der Waals surface area contributed by atoms with Crippen LogP contribution in [0, 0.1) is 0 Å². The van der Waals surface area contributed by atoms with Gasteiger partial charge in [0.1, 0.15) is 5.75 Å². The molecule has 28 heavy (non-hydrogen) atoms. The van der Waals surface area contributed by atoms with E-state index < -0.39 is 5.97 Å². The van der Waals surface area contributed by atoms with Crippen LogP contribution in [0.4, 0.5) is 0 Å². The first-order valence-corrected chi connectivity index (χ1v) is 9.68. The highest BCUT2D eigenvalue weighted by molar-refractivity contribution is 7.10. The Balaban J connectivity index is 1.52. The Bertz CT molecular complexity index is 995. The molecule has 6 heteroatoms. The van der Waals surface area contributed by atoms with E-state index in [9.17, 15) is 9.59 Å². The molecule has 0 saturated heterocycles. The number of carbonyl (C=O) groups excluding carboxylic acids is 2. The van der Waals surface area contributed by atoms with E-state index in [0.717, 1.165) is 27.0 Å². The molecule has 0 radical (unpaired) electrons. The van der Waals surface area contributed by atoms with Crippen molar-refractivity contribution in [1.29, 1.82) is 0 Å². The van der Waals surface area contributed by atoms with Crippen LogP contribution in [0.1, 0.15) is 23.4 Å². The van der Waals surface area contributed by atoms with Crippen molar-refractivity contribution in [2.24, 2.45) is 0 Å². The summed E-state index contributed by atoms with van der Waals surface area (Å²) >= 11 is 1.57. The van der Waals surface area contributed by atoms with Crippen LogP contribution >= 0.6 is 11.3 Å². The number of ether oxygens (including phenoxy) is 2. The molecule has 144 valence electrons. The van der Waals surface area contributed by atoms with E-state index >= 15 is 0 Å². The molecule has 1 atom stereocenters. The predicted molar refractivity (Wildman–Crippen MR) is 111 cm³/mol. The van der Waals surface area contributed by atoms with Crippen molar-refractivity contribution in [2.45, 2.75) is 13.0 Å². The lowest BCUT2D eigenvalue weighted by Gasteiger charge is -2.11. The lowest BCUT2D eigenvalue weighted by Crippen LogP contribution is -2.30. The van der Waals surface area contributed by atoms with Gasteiger partial charge in [-0.15, -0.1) is 11.3 Å². The number of amides is 1. The fraction of sp³-hybridized carbons (Fsp3) is 0.182. The molecular formula is C22H21NO4S. The summed E-state index contributed by atoms with van der Waals surface area (Å²) in [4.78, 5) is 24.8. The van der Waals surface area contributed by atoms with Gasteiger partial charge in [-0.05, 0) is 59.0 Å². The molecule has 0 fully saturated rings. The van der Waals surface area contributed by atoms with Crippen molar-refractivity contribution < 1.29 is 19.1 Å². The molecule has 3 aromatic rings. The summed E-state index contributed by atoms with van der Waals surface area (Å²) < 4.78 is 10.2. The minimum atomic E-state index is -0.561. The monoisotopic (exact) mass is 395 g/mol. The summed E-state index contributed by atoms with van der Waals surface area (Å²) in [5, 5.41) is 6.84. The number of nitrogens with one attached hydrogen (secondary N) is 1. The van der Waals surface area contributed by atoms with E-state index in [1.807, 2.05) is 60.8 Å². The fourth-order valence-corrected chi connectivity index (χ4v) is 3.45. The maximum Gasteiger partial charge on any atom is 0.331 e. The SMILES string of the molecule is COc1ccc2cc(/C=C/C(=O)OCC(=O)N[C@H](C)c3cccs3)ccc2c1. The van der Waals surface area contributed by atoms with Crippen LogP contribution in [0.3, 0.4) is 0 Å². The number of fused-ring (bicyclic) bond motifs is 1. The third kappa shape index (κ3) is 5.20. The van der Waals surface area contributed by atoms with Gasteiger partial charge in [0.05, 0.1) is 13.2 Å². The minimum absolute atomic E-state index is 0.113. The highest BCUT2D eigenvalue weighted by Gasteiger charge is 2.11. The van der Waals surface area contributed by atoms with Gasteiger partial charge >= 0.3 is 5.97 Å². The first kappa shape index (κ1) is 19.6. The van der Waals surface area contributed by atoms with Gasteiger partial charge in [-0.2, -0.15) is 0 Å². The summed E-state index contributed by atoms with van der Waals surface area (Å²) in [6.45, 7) is 1.58. The molecule has 2 aromatic carbocycles. The smallest absolute Gasteiger partial charge is 0.331 e. The van der Waals surface area contributed by atoms with E-state index in [0.29, 0.717) is 0 Å². The first-order valence-electron chi connectivity index (χ1n) is 8.80. The molecule has 0 spiro atoms. The molecule has 0 aliphatic carbocycles. The summed E-state index contributed by atoms with van der Waals surface area (Å²) in [6, 6.07) is 15.4. The van der Waals surface area contributed by atoms with Gasteiger partial charge in [0.15, 0.2) is 6.61 Å². The van der Waals surface area contributed by atoms with E-state index in [1.165, 1.54) is 6.08 Å². The number of carbonyl (C=O) groups is 2. The van der Waals surface area contributed by atoms with Gasteiger partial charge in [0.2, 0.25) is 0 Å². The number of methoxy groups -OCH3 is 1. The van der Waals surface area contributed by atoms with E-state index in [2.05, 4.69) is 5.32 Å². The van der Waals surface area contributed by atoms with Crippen LogP contribution < -0.4 is 10.1 Å². The molecule has 1 heterocycles. The van der Waals surface area contributed by atoms with Crippen molar-refractivity contribution in [3.8, 4) is 5.75 Å². The lowest BCUT2D eigenvalue weighted by molar-refractivity contribution is -0.144. The number of hydrogen-bond donors (Lipinski definition) is 1. The Labute approximate surface area is 167 Å². The molecule has 0 aliphatic rings. The molecular weight excluding hydrogens is 374 g/mol. The molecule has 1 aromatic heterocycles. The van der Waals surface area contributed by atoms with Crippen molar-refractivity contribution in [3.63, 3.8) is 0 Å². The highest BCUT2D eigenvalue weighted by Crippen LogP contribution is 2.22. The van der Waals surface area contributed by atoms with Crippen molar-refractivity contribution in [1.82, 2.24) is 5.32 Å². The maximum atomic E-state index is 11.9. The van der Waals surface area contributed by atoms with E-state index in [-0.39, 0.29) is 18.6 Å². The van der Waals surface area contributed by atoms with Crippen LogP contribution in [0.5, 0.6) is 5.75 Å². The maximum absolute atomic E-state index is 11.9. The Kier molecular flexibility index (Phi) is 6.45. The van der Waals surface area contributed by atoms with Crippen LogP contribution in [0.25, 0.3) is 16.8 Å².